The van der Waals surface area contributed by atoms with Crippen LogP contribution in [0.2, 0.25) is 0 Å². The number of benzene rings is 2. The molecular weight excluding hydrogens is 328 g/mol. The van der Waals surface area contributed by atoms with Gasteiger partial charge in [-0.3, -0.25) is 0 Å². The molecule has 2 aromatic carbocycles. The lowest BCUT2D eigenvalue weighted by molar-refractivity contribution is -0.0365. The highest BCUT2D eigenvalue weighted by Gasteiger charge is 2.61. The fourth-order valence-corrected chi connectivity index (χ4v) is 6.09. The number of fused-ring (bicyclic) bond motifs is 4. The fraction of sp³-hybridized carbons (Fsp3) is 0.455. The minimum atomic E-state index is -0.594. The van der Waals surface area contributed by atoms with Gasteiger partial charge in [-0.15, -0.1) is 0 Å². The maximum absolute atomic E-state index is 10.6. The Morgan fingerprint density at radius 3 is 2.23 bits per heavy atom. The zero-order valence-electron chi connectivity index (χ0n) is 14.7. The zero-order valence-corrected chi connectivity index (χ0v) is 14.7. The number of hydrogen-bond donors (Lipinski definition) is 3. The second kappa shape index (κ2) is 5.32. The Bertz CT molecular complexity index is 868. The number of phenolic OH excluding ortho intramolecular Hbond substituents is 3. The van der Waals surface area contributed by atoms with Gasteiger partial charge >= 0.3 is 0 Å². The van der Waals surface area contributed by atoms with Crippen molar-refractivity contribution in [2.75, 3.05) is 0 Å². The van der Waals surface area contributed by atoms with Gasteiger partial charge in [0.2, 0.25) is 0 Å². The lowest BCUT2D eigenvalue weighted by Gasteiger charge is -2.51. The van der Waals surface area contributed by atoms with Gasteiger partial charge < -0.3 is 20.1 Å². The molecule has 4 heteroatoms. The van der Waals surface area contributed by atoms with Gasteiger partial charge in [0.05, 0.1) is 0 Å². The van der Waals surface area contributed by atoms with E-state index in [0.29, 0.717) is 5.92 Å². The van der Waals surface area contributed by atoms with Crippen molar-refractivity contribution in [1.29, 1.82) is 0 Å². The van der Waals surface area contributed by atoms with Crippen LogP contribution in [0.4, 0.5) is 0 Å². The lowest BCUT2D eigenvalue weighted by Crippen LogP contribution is -2.51. The van der Waals surface area contributed by atoms with E-state index in [1.165, 1.54) is 24.5 Å². The van der Waals surface area contributed by atoms with Crippen LogP contribution < -0.4 is 4.74 Å². The summed E-state index contributed by atoms with van der Waals surface area (Å²) in [5.41, 5.74) is 1.43. The fourth-order valence-electron chi connectivity index (χ4n) is 6.09. The first-order chi connectivity index (χ1) is 12.6. The minimum Gasteiger partial charge on any atom is -0.508 e. The number of hydrogen-bond acceptors (Lipinski definition) is 4. The van der Waals surface area contributed by atoms with E-state index in [0.717, 1.165) is 43.4 Å². The Morgan fingerprint density at radius 2 is 1.50 bits per heavy atom. The van der Waals surface area contributed by atoms with Crippen LogP contribution in [0.5, 0.6) is 23.0 Å². The molecule has 0 bridgehead atoms. The number of phenols is 3. The highest BCUT2D eigenvalue weighted by Crippen LogP contribution is 2.65. The molecule has 2 fully saturated rings. The van der Waals surface area contributed by atoms with Gasteiger partial charge in [-0.05, 0) is 50.3 Å². The van der Waals surface area contributed by atoms with Crippen molar-refractivity contribution < 1.29 is 20.1 Å². The van der Waals surface area contributed by atoms with E-state index in [1.807, 2.05) is 6.07 Å². The molecule has 2 atom stereocenters. The molecule has 3 N–H and O–H groups in total. The van der Waals surface area contributed by atoms with Crippen LogP contribution in [-0.2, 0) is 11.0 Å². The summed E-state index contributed by atoms with van der Waals surface area (Å²) in [7, 11) is 0. The molecule has 5 rings (SSSR count). The van der Waals surface area contributed by atoms with E-state index in [4.69, 9.17) is 4.74 Å². The van der Waals surface area contributed by atoms with E-state index >= 15 is 0 Å². The molecule has 26 heavy (non-hydrogen) atoms. The van der Waals surface area contributed by atoms with Crippen molar-refractivity contribution in [3.8, 4) is 23.0 Å². The first kappa shape index (κ1) is 15.9. The van der Waals surface area contributed by atoms with Crippen molar-refractivity contribution in [3.05, 3.63) is 47.5 Å². The first-order valence-electron chi connectivity index (χ1n) is 9.60. The van der Waals surface area contributed by atoms with Crippen LogP contribution in [-0.4, -0.2) is 15.3 Å². The van der Waals surface area contributed by atoms with Gasteiger partial charge in [-0.25, -0.2) is 0 Å². The third-order valence-corrected chi connectivity index (χ3v) is 7.00. The van der Waals surface area contributed by atoms with Crippen LogP contribution in [0.1, 0.15) is 56.1 Å². The van der Waals surface area contributed by atoms with Gasteiger partial charge in [-0.2, -0.15) is 0 Å². The van der Waals surface area contributed by atoms with Crippen LogP contribution in [0.25, 0.3) is 0 Å². The predicted molar refractivity (Wildman–Crippen MR) is 97.7 cm³/mol. The molecule has 0 amide bonds. The quantitative estimate of drug-likeness (QED) is 0.695. The van der Waals surface area contributed by atoms with Crippen molar-refractivity contribution >= 4 is 0 Å². The van der Waals surface area contributed by atoms with Crippen molar-refractivity contribution in [2.24, 2.45) is 5.92 Å². The molecule has 3 aliphatic rings. The zero-order chi connectivity index (χ0) is 17.9. The second-order valence-electron chi connectivity index (χ2n) is 8.18. The standard InChI is InChI=1S/C22H24O4/c23-14-5-7-16(18(25)12-14)22-11-3-4-20(22)21(9-1-2-10-21)17-8-6-15(24)13-19(17)26-22/h5-8,12-13,20,23-25H,1-4,9-11H2/t20-,22+/m0/s1. The Kier molecular flexibility index (Phi) is 3.25. The number of ether oxygens (including phenoxy) is 1. The average molecular weight is 352 g/mol. The maximum atomic E-state index is 10.6. The molecule has 1 aliphatic heterocycles. The summed E-state index contributed by atoms with van der Waals surface area (Å²) in [5.74, 6) is 1.40. The summed E-state index contributed by atoms with van der Waals surface area (Å²) in [6.45, 7) is 0. The summed E-state index contributed by atoms with van der Waals surface area (Å²) in [6, 6.07) is 10.4. The molecule has 0 aromatic heterocycles. The van der Waals surface area contributed by atoms with E-state index in [9.17, 15) is 15.3 Å². The monoisotopic (exact) mass is 352 g/mol. The summed E-state index contributed by atoms with van der Waals surface area (Å²) in [6.07, 6.45) is 7.61. The van der Waals surface area contributed by atoms with Gasteiger partial charge in [0, 0.05) is 34.6 Å². The molecule has 2 saturated carbocycles. The van der Waals surface area contributed by atoms with Gasteiger partial charge in [0.1, 0.15) is 28.6 Å². The molecule has 4 nitrogen and oxygen atoms in total. The topological polar surface area (TPSA) is 69.9 Å². The molecule has 1 heterocycles. The Morgan fingerprint density at radius 1 is 0.808 bits per heavy atom. The van der Waals surface area contributed by atoms with Gasteiger partial charge in [0.15, 0.2) is 0 Å². The van der Waals surface area contributed by atoms with E-state index < -0.39 is 5.60 Å². The molecule has 2 aliphatic carbocycles. The summed E-state index contributed by atoms with van der Waals surface area (Å²) in [4.78, 5) is 0. The SMILES string of the molecule is Oc1ccc([C@]23CCC[C@H]2C2(CCCC2)c2ccc(O)cc2O3)c(O)c1. The second-order valence-corrected chi connectivity index (χ2v) is 8.18. The summed E-state index contributed by atoms with van der Waals surface area (Å²) < 4.78 is 6.62. The molecular formula is C22H24O4. The highest BCUT2D eigenvalue weighted by atomic mass is 16.5. The molecule has 0 saturated heterocycles. The molecule has 136 valence electrons. The van der Waals surface area contributed by atoms with Crippen LogP contribution in [0.15, 0.2) is 36.4 Å². The molecule has 0 radical (unpaired) electrons. The predicted octanol–water partition coefficient (Wildman–Crippen LogP) is 4.70. The number of aromatic hydroxyl groups is 3. The van der Waals surface area contributed by atoms with Crippen LogP contribution >= 0.6 is 0 Å². The largest absolute Gasteiger partial charge is 0.508 e. The molecule has 2 aromatic rings. The third kappa shape index (κ3) is 1.96. The van der Waals surface area contributed by atoms with E-state index in [-0.39, 0.29) is 22.7 Å². The summed E-state index contributed by atoms with van der Waals surface area (Å²) >= 11 is 0. The normalized spacial score (nSPS) is 28.5. The molecule has 1 spiro atoms. The third-order valence-electron chi connectivity index (χ3n) is 7.00. The smallest absolute Gasteiger partial charge is 0.141 e. The number of rotatable bonds is 1. The van der Waals surface area contributed by atoms with Crippen LogP contribution in [0, 0.1) is 5.92 Å². The first-order valence-corrected chi connectivity index (χ1v) is 9.60. The highest BCUT2D eigenvalue weighted by molar-refractivity contribution is 5.53. The molecule has 0 unspecified atom stereocenters. The summed E-state index contributed by atoms with van der Waals surface area (Å²) in [5, 5.41) is 30.4. The van der Waals surface area contributed by atoms with Gasteiger partial charge in [0.25, 0.3) is 0 Å². The van der Waals surface area contributed by atoms with E-state index in [2.05, 4.69) is 0 Å². The van der Waals surface area contributed by atoms with Crippen molar-refractivity contribution in [3.63, 3.8) is 0 Å². The average Bonchev–Trinajstić information content (AvgIpc) is 3.23. The van der Waals surface area contributed by atoms with Crippen molar-refractivity contribution in [2.45, 2.75) is 56.0 Å². The lowest BCUT2D eigenvalue weighted by atomic mass is 9.60. The van der Waals surface area contributed by atoms with Gasteiger partial charge in [-0.1, -0.05) is 18.9 Å². The van der Waals surface area contributed by atoms with Crippen LogP contribution in [0.3, 0.4) is 0 Å². The minimum absolute atomic E-state index is 0.0438. The Balaban J connectivity index is 1.76. The maximum Gasteiger partial charge on any atom is 0.141 e. The Labute approximate surface area is 153 Å². The Hall–Kier alpha value is -2.36. The van der Waals surface area contributed by atoms with Crippen molar-refractivity contribution in [1.82, 2.24) is 0 Å². The van der Waals surface area contributed by atoms with E-state index in [1.54, 1.807) is 24.3 Å².